The van der Waals surface area contributed by atoms with Gasteiger partial charge in [-0.3, -0.25) is 0 Å². The highest BCUT2D eigenvalue weighted by molar-refractivity contribution is 5.95. The minimum absolute atomic E-state index is 0.153. The quantitative estimate of drug-likeness (QED) is 0.154. The number of anilines is 3. The fourth-order valence-corrected chi connectivity index (χ4v) is 7.70. The summed E-state index contributed by atoms with van der Waals surface area (Å²) in [6.07, 6.45) is 1.20. The molecular formula is C43H45N9O2. The number of fused-ring (bicyclic) bond motifs is 2. The summed E-state index contributed by atoms with van der Waals surface area (Å²) in [5.41, 5.74) is 26.1. The summed E-state index contributed by atoms with van der Waals surface area (Å²) in [6.45, 7) is 14.8. The lowest BCUT2D eigenvalue weighted by Crippen LogP contribution is -2.39. The lowest BCUT2D eigenvalue weighted by molar-refractivity contribution is 0.393. The first-order chi connectivity index (χ1) is 26.1. The third-order valence-corrected chi connectivity index (χ3v) is 10.5. The first kappa shape index (κ1) is 34.7. The normalized spacial score (nSPS) is 13.3. The molecule has 5 heterocycles. The highest BCUT2D eigenvalue weighted by atomic mass is 16.5. The molecule has 0 amide bonds. The number of nitrogens with zero attached hydrogens (tertiary/aromatic N) is 7. The van der Waals surface area contributed by atoms with Crippen LogP contribution >= 0.6 is 0 Å². The molecule has 0 saturated carbocycles. The zero-order valence-electron chi connectivity index (χ0n) is 31.6. The maximum Gasteiger partial charge on any atom is 0.206 e. The van der Waals surface area contributed by atoms with Crippen LogP contribution in [0.15, 0.2) is 94.0 Å². The Morgan fingerprint density at radius 2 is 1.22 bits per heavy atom. The smallest absolute Gasteiger partial charge is 0.206 e. The zero-order valence-corrected chi connectivity index (χ0v) is 31.6. The molecule has 4 N–H and O–H groups in total. The number of aryl methyl sites for hydroxylation is 5. The van der Waals surface area contributed by atoms with E-state index in [1.165, 1.54) is 17.5 Å². The van der Waals surface area contributed by atoms with E-state index in [4.69, 9.17) is 30.5 Å². The maximum atomic E-state index is 6.45. The third-order valence-electron chi connectivity index (χ3n) is 10.5. The highest BCUT2D eigenvalue weighted by Crippen LogP contribution is 2.37. The van der Waals surface area contributed by atoms with Crippen LogP contribution in [0.4, 0.5) is 17.3 Å². The third kappa shape index (κ3) is 6.15. The van der Waals surface area contributed by atoms with Gasteiger partial charge >= 0.3 is 0 Å². The molecule has 274 valence electrons. The van der Waals surface area contributed by atoms with Crippen molar-refractivity contribution in [1.82, 2.24) is 29.4 Å². The standard InChI is InChI=1S/C22H23N5O.C21H22N4O/c1-14-20(15(2)28-25-14)17-11-18(23)21-19(12-17)27(13-16-7-4-3-5-8-16)22(24-21)26-9-6-10-26;1-12-20(14(3)26-24-12)17-10-18(22)21-19(11-17)25(15(4)23-21)13(2)16-8-6-5-7-9-16/h3-5,7-8,11-12H,6,9-10,13,23H2,1-2H3;5-11,13H,22H2,1-4H3. The summed E-state index contributed by atoms with van der Waals surface area (Å²) in [5, 5.41) is 8.18. The molecule has 1 aliphatic heterocycles. The van der Waals surface area contributed by atoms with E-state index in [0.717, 1.165) is 98.6 Å². The summed E-state index contributed by atoms with van der Waals surface area (Å²) < 4.78 is 15.2. The summed E-state index contributed by atoms with van der Waals surface area (Å²) >= 11 is 0. The predicted octanol–water partition coefficient (Wildman–Crippen LogP) is 8.96. The first-order valence-electron chi connectivity index (χ1n) is 18.4. The second-order valence-corrected chi connectivity index (χ2v) is 14.2. The summed E-state index contributed by atoms with van der Waals surface area (Å²) in [5.74, 6) is 3.53. The van der Waals surface area contributed by atoms with Crippen LogP contribution in [0.2, 0.25) is 0 Å². The molecule has 11 nitrogen and oxygen atoms in total. The van der Waals surface area contributed by atoms with Gasteiger partial charge < -0.3 is 34.5 Å². The number of rotatable bonds is 7. The van der Waals surface area contributed by atoms with Gasteiger partial charge in [-0.2, -0.15) is 0 Å². The van der Waals surface area contributed by atoms with Gasteiger partial charge in [-0.05, 0) is 94.5 Å². The Morgan fingerprint density at radius 3 is 1.74 bits per heavy atom. The lowest BCUT2D eigenvalue weighted by atomic mass is 10.0. The lowest BCUT2D eigenvalue weighted by Gasteiger charge is -2.32. The first-order valence-corrected chi connectivity index (χ1v) is 18.4. The molecule has 11 heteroatoms. The highest BCUT2D eigenvalue weighted by Gasteiger charge is 2.25. The van der Waals surface area contributed by atoms with Crippen LogP contribution in [0.5, 0.6) is 0 Å². The van der Waals surface area contributed by atoms with E-state index < -0.39 is 0 Å². The largest absolute Gasteiger partial charge is 0.397 e. The zero-order chi connectivity index (χ0) is 37.7. The maximum absolute atomic E-state index is 6.45. The van der Waals surface area contributed by atoms with Crippen molar-refractivity contribution in [2.75, 3.05) is 29.5 Å². The molecule has 4 aromatic carbocycles. The molecule has 4 aromatic heterocycles. The van der Waals surface area contributed by atoms with Gasteiger partial charge in [0.1, 0.15) is 28.4 Å². The van der Waals surface area contributed by atoms with Gasteiger partial charge in [-0.15, -0.1) is 0 Å². The summed E-state index contributed by atoms with van der Waals surface area (Å²) in [7, 11) is 0. The molecular weight excluding hydrogens is 675 g/mol. The van der Waals surface area contributed by atoms with Crippen molar-refractivity contribution in [3.63, 3.8) is 0 Å². The van der Waals surface area contributed by atoms with Gasteiger partial charge in [0.25, 0.3) is 0 Å². The second-order valence-electron chi connectivity index (χ2n) is 14.2. The molecule has 1 saturated heterocycles. The Kier molecular flexibility index (Phi) is 8.93. The molecule has 54 heavy (non-hydrogen) atoms. The predicted molar refractivity (Wildman–Crippen MR) is 216 cm³/mol. The topological polar surface area (TPSA) is 143 Å². The molecule has 1 unspecified atom stereocenters. The van der Waals surface area contributed by atoms with Gasteiger partial charge in [0, 0.05) is 24.2 Å². The molecule has 0 bridgehead atoms. The van der Waals surface area contributed by atoms with E-state index in [0.29, 0.717) is 11.4 Å². The van der Waals surface area contributed by atoms with E-state index in [1.54, 1.807) is 0 Å². The van der Waals surface area contributed by atoms with Crippen LogP contribution in [0.3, 0.4) is 0 Å². The monoisotopic (exact) mass is 719 g/mol. The van der Waals surface area contributed by atoms with Crippen molar-refractivity contribution >= 4 is 39.4 Å². The molecule has 1 fully saturated rings. The Morgan fingerprint density at radius 1 is 0.685 bits per heavy atom. The van der Waals surface area contributed by atoms with Crippen molar-refractivity contribution < 1.29 is 9.05 Å². The van der Waals surface area contributed by atoms with Crippen LogP contribution in [0.25, 0.3) is 44.3 Å². The van der Waals surface area contributed by atoms with Gasteiger partial charge in [-0.1, -0.05) is 71.0 Å². The fourth-order valence-electron chi connectivity index (χ4n) is 7.70. The van der Waals surface area contributed by atoms with E-state index in [9.17, 15) is 0 Å². The van der Waals surface area contributed by atoms with Gasteiger partial charge in [0.2, 0.25) is 5.95 Å². The number of imidazole rings is 2. The number of benzene rings is 4. The molecule has 9 rings (SSSR count). The fraction of sp³-hybridized carbons (Fsp3) is 0.256. The SMILES string of the molecule is Cc1noc(C)c1-c1cc(N)c2nc(C)n(C(C)c3ccccc3)c2c1.Cc1noc(C)c1-c1cc(N)c2nc(N3CCC3)n(Cc3ccccc3)c2c1. The molecule has 0 spiro atoms. The second kappa shape index (κ2) is 13.9. The molecule has 1 atom stereocenters. The number of nitrogens with two attached hydrogens (primary N) is 2. The summed E-state index contributed by atoms with van der Waals surface area (Å²) in [4.78, 5) is 12.0. The van der Waals surface area contributed by atoms with Crippen molar-refractivity contribution in [3.05, 3.63) is 125 Å². The van der Waals surface area contributed by atoms with Crippen molar-refractivity contribution in [2.24, 2.45) is 0 Å². The van der Waals surface area contributed by atoms with E-state index >= 15 is 0 Å². The van der Waals surface area contributed by atoms with Crippen LogP contribution in [0.1, 0.15) is 59.2 Å². The number of aromatic nitrogens is 6. The van der Waals surface area contributed by atoms with E-state index in [-0.39, 0.29) is 6.04 Å². The Bertz CT molecular complexity index is 2570. The average molecular weight is 720 g/mol. The Labute approximate surface area is 314 Å². The van der Waals surface area contributed by atoms with Crippen molar-refractivity contribution in [2.45, 2.75) is 60.5 Å². The minimum atomic E-state index is 0.153. The molecule has 1 aliphatic rings. The van der Waals surface area contributed by atoms with Crippen LogP contribution < -0.4 is 16.4 Å². The van der Waals surface area contributed by atoms with Gasteiger partial charge in [0.15, 0.2) is 0 Å². The summed E-state index contributed by atoms with van der Waals surface area (Å²) in [6, 6.07) is 29.3. The van der Waals surface area contributed by atoms with Gasteiger partial charge in [0.05, 0.1) is 46.4 Å². The minimum Gasteiger partial charge on any atom is -0.397 e. The van der Waals surface area contributed by atoms with Crippen LogP contribution in [-0.4, -0.2) is 42.5 Å². The molecule has 0 aliphatic carbocycles. The molecule has 8 aromatic rings. The number of hydrogen-bond donors (Lipinski definition) is 2. The Hall–Kier alpha value is -6.36. The average Bonchev–Trinajstić information content (AvgIpc) is 3.87. The Balaban J connectivity index is 0.000000154. The molecule has 0 radical (unpaired) electrons. The van der Waals surface area contributed by atoms with Gasteiger partial charge in [-0.25, -0.2) is 9.97 Å². The van der Waals surface area contributed by atoms with Crippen LogP contribution in [-0.2, 0) is 6.54 Å². The van der Waals surface area contributed by atoms with Crippen LogP contribution in [0, 0.1) is 34.6 Å². The number of hydrogen-bond acceptors (Lipinski definition) is 9. The number of nitrogen functional groups attached to an aromatic ring is 2. The van der Waals surface area contributed by atoms with E-state index in [1.807, 2.05) is 58.9 Å². The van der Waals surface area contributed by atoms with Crippen molar-refractivity contribution in [1.29, 1.82) is 0 Å². The van der Waals surface area contributed by atoms with Crippen molar-refractivity contribution in [3.8, 4) is 22.3 Å². The van der Waals surface area contributed by atoms with E-state index in [2.05, 4.69) is 91.9 Å².